The van der Waals surface area contributed by atoms with Crippen molar-refractivity contribution < 1.29 is 62.4 Å². The lowest BCUT2D eigenvalue weighted by atomic mass is 9.98. The Hall–Kier alpha value is -6.30. The lowest BCUT2D eigenvalue weighted by Gasteiger charge is -2.23. The van der Waals surface area contributed by atoms with Crippen LogP contribution in [-0.2, 0) is 14.2 Å². The van der Waals surface area contributed by atoms with Crippen LogP contribution in [0.15, 0.2) is 51.9 Å². The molecule has 10 N–H and O–H groups in total. The van der Waals surface area contributed by atoms with Crippen molar-refractivity contribution in [2.75, 3.05) is 31.3 Å². The fourth-order valence-electron chi connectivity index (χ4n) is 6.07. The first kappa shape index (κ1) is 44.8. The van der Waals surface area contributed by atoms with Gasteiger partial charge in [0, 0.05) is 17.3 Å². The molecule has 12 atom stereocenters. The van der Waals surface area contributed by atoms with Crippen LogP contribution in [0.2, 0.25) is 0 Å². The molecule has 4 aromatic rings. The first-order valence-electron chi connectivity index (χ1n) is 16.8. The highest BCUT2D eigenvalue weighted by molar-refractivity contribution is 5.69. The van der Waals surface area contributed by atoms with Gasteiger partial charge in [-0.1, -0.05) is 17.0 Å². The summed E-state index contributed by atoms with van der Waals surface area (Å²) in [5.74, 6) is 3.11. The molecule has 4 aromatic heterocycles. The molecule has 7 heterocycles. The lowest BCUT2D eigenvalue weighted by molar-refractivity contribution is -0.124. The molecule has 60 heavy (non-hydrogen) atoms. The predicted molar refractivity (Wildman–Crippen MR) is 190 cm³/mol. The first-order valence-corrected chi connectivity index (χ1v) is 16.8. The van der Waals surface area contributed by atoms with Crippen molar-refractivity contribution >= 4 is 22.8 Å². The molecule has 0 spiro atoms. The summed E-state index contributed by atoms with van der Waals surface area (Å²) < 4.78 is 74.0. The van der Waals surface area contributed by atoms with Gasteiger partial charge in [0.05, 0.1) is 26.1 Å². The molecule has 0 bridgehead atoms. The number of ether oxygens (including phenoxy) is 3. The average molecular weight is 852 g/mol. The second-order valence-electron chi connectivity index (χ2n) is 12.8. The maximum atomic E-state index is 14.3. The Morgan fingerprint density at radius 3 is 1.67 bits per heavy atom. The van der Waals surface area contributed by atoms with Gasteiger partial charge in [0.15, 0.2) is 59.6 Å². The zero-order valence-electron chi connectivity index (χ0n) is 30.2. The Balaban J connectivity index is 0.000000171. The van der Waals surface area contributed by atoms with E-state index in [2.05, 4.69) is 40.9 Å². The molecule has 28 heteroatoms. The van der Waals surface area contributed by atoms with Gasteiger partial charge in [-0.25, -0.2) is 37.7 Å². The fourth-order valence-corrected chi connectivity index (χ4v) is 6.07. The van der Waals surface area contributed by atoms with Crippen molar-refractivity contribution in [2.24, 2.45) is 5.11 Å². The summed E-state index contributed by atoms with van der Waals surface area (Å²) in [6.07, 6.45) is -1.17. The number of nitrogen functional groups attached to an aromatic ring is 2. The van der Waals surface area contributed by atoms with E-state index in [0.717, 1.165) is 32.6 Å². The van der Waals surface area contributed by atoms with Crippen molar-refractivity contribution in [2.45, 2.75) is 72.4 Å². The Morgan fingerprint density at radius 1 is 0.783 bits per heavy atom. The average Bonchev–Trinajstić information content (AvgIpc) is 3.93. The molecule has 24 nitrogen and oxygen atoms in total. The number of hydrogen-bond donors (Lipinski definition) is 8. The number of alkyl halides is 3. The third-order valence-electron chi connectivity index (χ3n) is 9.37. The highest BCUT2D eigenvalue weighted by atomic mass is 19.1. The molecule has 0 aromatic carbocycles. The molecule has 0 saturated carbocycles. The van der Waals surface area contributed by atoms with E-state index in [0.29, 0.717) is 0 Å². The molecule has 12 unspecified atom stereocenters. The minimum Gasteiger partial charge on any atom is -0.393 e. The second-order valence-corrected chi connectivity index (χ2v) is 12.8. The minimum atomic E-state index is -2.19. The number of azide groups is 1. The summed E-state index contributed by atoms with van der Waals surface area (Å²) in [6, 6.07) is 2.51. The number of nitrogens with zero attached hydrogens (tertiary/aromatic N) is 11. The molecule has 0 amide bonds. The van der Waals surface area contributed by atoms with Gasteiger partial charge in [-0.2, -0.15) is 14.4 Å². The number of aliphatic hydroxyl groups excluding tert-OH is 6. The number of hydrogen-bond acceptors (Lipinski definition) is 19. The summed E-state index contributed by atoms with van der Waals surface area (Å²) in [4.78, 5) is 43.3. The smallest absolute Gasteiger partial charge is 0.351 e. The van der Waals surface area contributed by atoms with Crippen molar-refractivity contribution in [1.82, 2.24) is 38.6 Å². The van der Waals surface area contributed by atoms with Crippen molar-refractivity contribution in [1.29, 1.82) is 0 Å². The Morgan fingerprint density at radius 2 is 1.25 bits per heavy atom. The maximum absolute atomic E-state index is 14.3. The van der Waals surface area contributed by atoms with E-state index in [4.69, 9.17) is 49.2 Å². The van der Waals surface area contributed by atoms with Crippen molar-refractivity contribution in [3.05, 3.63) is 74.5 Å². The minimum absolute atomic E-state index is 0.00638. The molecule has 320 valence electrons. The number of rotatable bonds is 7. The molecular formula is C32H33F4N13O11. The van der Waals surface area contributed by atoms with E-state index >= 15 is 0 Å². The predicted octanol–water partition coefficient (Wildman–Crippen LogP) is -2.97. The maximum Gasteiger partial charge on any atom is 0.351 e. The lowest BCUT2D eigenvalue weighted by Crippen LogP contribution is -2.44. The Kier molecular flexibility index (Phi) is 13.1. The zero-order chi connectivity index (χ0) is 44.3. The van der Waals surface area contributed by atoms with Crippen LogP contribution in [-0.4, -0.2) is 143 Å². The number of fused-ring (bicyclic) bond motifs is 1. The highest BCUT2D eigenvalue weighted by Gasteiger charge is 2.57. The van der Waals surface area contributed by atoms with Crippen LogP contribution < -0.4 is 22.8 Å². The quantitative estimate of drug-likeness (QED) is 0.0230. The first-order chi connectivity index (χ1) is 28.4. The fraction of sp³-hybridized carbons (Fsp3) is 0.469. The molecule has 7 rings (SSSR count). The van der Waals surface area contributed by atoms with Gasteiger partial charge < -0.3 is 56.3 Å². The number of aliphatic hydroxyl groups is 6. The highest BCUT2D eigenvalue weighted by Crippen LogP contribution is 2.41. The summed E-state index contributed by atoms with van der Waals surface area (Å²) in [6.45, 7) is -2.50. The van der Waals surface area contributed by atoms with Crippen LogP contribution in [0, 0.1) is 30.6 Å². The van der Waals surface area contributed by atoms with Gasteiger partial charge in [-0.3, -0.25) is 13.7 Å². The van der Waals surface area contributed by atoms with E-state index in [-0.39, 0.29) is 22.8 Å². The van der Waals surface area contributed by atoms with Gasteiger partial charge in [0.1, 0.15) is 36.3 Å². The van der Waals surface area contributed by atoms with Crippen LogP contribution in [0.3, 0.4) is 0 Å². The van der Waals surface area contributed by atoms with Gasteiger partial charge in [0.25, 0.3) is 0 Å². The normalized spacial score (nSPS) is 33.1. The molecule has 0 aliphatic carbocycles. The van der Waals surface area contributed by atoms with Crippen molar-refractivity contribution in [3.8, 4) is 24.7 Å². The van der Waals surface area contributed by atoms with Crippen molar-refractivity contribution in [3.63, 3.8) is 0 Å². The van der Waals surface area contributed by atoms with E-state index in [1.165, 1.54) is 18.3 Å². The largest absolute Gasteiger partial charge is 0.393 e. The van der Waals surface area contributed by atoms with E-state index in [1.807, 2.05) is 5.92 Å². The summed E-state index contributed by atoms with van der Waals surface area (Å²) in [7, 11) is 0. The van der Waals surface area contributed by atoms with Crippen LogP contribution >= 0.6 is 0 Å². The molecule has 3 aliphatic heterocycles. The molecular weight excluding hydrogens is 818 g/mol. The number of aromatic nitrogens is 8. The van der Waals surface area contributed by atoms with Gasteiger partial charge in [0.2, 0.25) is 11.7 Å². The van der Waals surface area contributed by atoms with Crippen LogP contribution in [0.1, 0.15) is 18.7 Å². The summed E-state index contributed by atoms with van der Waals surface area (Å²) in [5, 5.41) is 60.0. The molecule has 3 fully saturated rings. The summed E-state index contributed by atoms with van der Waals surface area (Å²) >= 11 is 0. The van der Waals surface area contributed by atoms with Crippen LogP contribution in [0.5, 0.6) is 0 Å². The zero-order valence-corrected chi connectivity index (χ0v) is 30.2. The van der Waals surface area contributed by atoms with Gasteiger partial charge in [-0.15, -0.1) is 12.8 Å². The van der Waals surface area contributed by atoms with E-state index in [9.17, 15) is 52.7 Å². The Labute approximate surface area is 331 Å². The summed E-state index contributed by atoms with van der Waals surface area (Å²) in [5.41, 5.74) is 11.2. The van der Waals surface area contributed by atoms with E-state index in [1.54, 1.807) is 0 Å². The van der Waals surface area contributed by atoms with Gasteiger partial charge in [-0.05, 0) is 17.7 Å². The topological polar surface area (TPSA) is 363 Å². The van der Waals surface area contributed by atoms with Crippen LogP contribution in [0.4, 0.5) is 29.2 Å². The molecule has 0 radical (unpaired) electrons. The molecule has 3 saturated heterocycles. The Bertz CT molecular complexity index is 2460. The second kappa shape index (κ2) is 17.5. The third kappa shape index (κ3) is 7.78. The standard InChI is InChI=1S/C12H10F2N4O3.C11H12FN3O4.C9H11FN6O4/c1-2-12(3-19)8(20)6(13)11(21-12)18-5-17-7-9(14)15-4-16-10(7)18;1-2-11(5-16)8(17)7(12)9(19-11)15-4-3-6(13)14-10(15)18;10-5-6(18)9(3-17,14-15-12)20-7(5)16-2-1-4(11)13-8(16)19/h1,4-6,8,11,19-20H,3H2;1,3-4,7-9,16-17H,5H2,(H2,13,14,18);1-2,5-7,17-18H,3H2,(H2,11,13,19). The number of anilines is 2. The molecule has 3 aliphatic rings. The number of nitrogens with two attached hydrogens (primary N) is 2. The number of imidazole rings is 1. The third-order valence-corrected chi connectivity index (χ3v) is 9.37. The van der Waals surface area contributed by atoms with E-state index < -0.39 is 110 Å². The number of terminal acetylenes is 2. The SMILES string of the molecule is C#CC1(CO)OC(n2ccc(N)nc2=O)C(F)C1O.C#CC1(CO)OC(n2cnc3c(F)ncnc32)C(F)C1O.[N-]=[N+]=NC1(CO)OC(n2ccc(N)nc2=O)C(F)C1O. The monoisotopic (exact) mass is 851 g/mol. The van der Waals surface area contributed by atoms with Gasteiger partial charge >= 0.3 is 11.4 Å². The number of halogens is 4. The van der Waals surface area contributed by atoms with Crippen LogP contribution in [0.25, 0.3) is 21.6 Å².